The SMILES string of the molecule is C[C@H](O)c1onc(-c2ccc(F)cc2)c1C(=O)NCC(F)(F)F. The Kier molecular flexibility index (Phi) is 4.69. The van der Waals surface area contributed by atoms with Crippen LogP contribution in [0, 0.1) is 5.82 Å². The van der Waals surface area contributed by atoms with E-state index in [1.807, 2.05) is 0 Å². The summed E-state index contributed by atoms with van der Waals surface area (Å²) in [7, 11) is 0. The Bertz CT molecular complexity index is 693. The Morgan fingerprint density at radius 3 is 2.48 bits per heavy atom. The van der Waals surface area contributed by atoms with Gasteiger partial charge in [0.1, 0.15) is 29.7 Å². The number of hydrogen-bond acceptors (Lipinski definition) is 4. The summed E-state index contributed by atoms with van der Waals surface area (Å²) in [6.07, 6.45) is -5.85. The standard InChI is InChI=1S/C14H12F4N2O3/c1-7(21)12-10(13(22)19-6-14(16,17)18)11(20-23-12)8-2-4-9(15)5-3-8/h2-5,7,21H,6H2,1H3,(H,19,22)/t7-/m0/s1. The van der Waals surface area contributed by atoms with Gasteiger partial charge in [-0.05, 0) is 31.2 Å². The molecule has 2 rings (SSSR count). The fourth-order valence-electron chi connectivity index (χ4n) is 1.88. The number of amides is 1. The fraction of sp³-hybridized carbons (Fsp3) is 0.286. The molecule has 1 aromatic carbocycles. The first-order valence-electron chi connectivity index (χ1n) is 6.47. The van der Waals surface area contributed by atoms with Crippen LogP contribution in [0.1, 0.15) is 29.1 Å². The average Bonchev–Trinajstić information content (AvgIpc) is 2.90. The summed E-state index contributed by atoms with van der Waals surface area (Å²) in [6, 6.07) is 4.78. The predicted molar refractivity (Wildman–Crippen MR) is 70.9 cm³/mol. The van der Waals surface area contributed by atoms with Crippen molar-refractivity contribution in [3.63, 3.8) is 0 Å². The van der Waals surface area contributed by atoms with E-state index in [2.05, 4.69) is 5.16 Å². The molecule has 1 amide bonds. The molecule has 0 aliphatic carbocycles. The zero-order valence-corrected chi connectivity index (χ0v) is 11.8. The lowest BCUT2D eigenvalue weighted by Crippen LogP contribution is -2.34. The van der Waals surface area contributed by atoms with Crippen LogP contribution in [-0.4, -0.2) is 28.9 Å². The number of alkyl halides is 3. The zero-order valence-electron chi connectivity index (χ0n) is 11.8. The summed E-state index contributed by atoms with van der Waals surface area (Å²) in [4.78, 5) is 12.0. The molecule has 2 aromatic rings. The van der Waals surface area contributed by atoms with Gasteiger partial charge in [-0.15, -0.1) is 0 Å². The van der Waals surface area contributed by atoms with Crippen LogP contribution < -0.4 is 5.32 Å². The summed E-state index contributed by atoms with van der Waals surface area (Å²) >= 11 is 0. The second-order valence-electron chi connectivity index (χ2n) is 4.75. The molecule has 2 N–H and O–H groups in total. The highest BCUT2D eigenvalue weighted by Gasteiger charge is 2.31. The third-order valence-corrected chi connectivity index (χ3v) is 2.89. The van der Waals surface area contributed by atoms with Crippen LogP contribution in [0.5, 0.6) is 0 Å². The van der Waals surface area contributed by atoms with Gasteiger partial charge in [-0.25, -0.2) is 4.39 Å². The number of aromatic nitrogens is 1. The van der Waals surface area contributed by atoms with Crippen molar-refractivity contribution in [1.82, 2.24) is 10.5 Å². The van der Waals surface area contributed by atoms with Gasteiger partial charge in [0, 0.05) is 5.56 Å². The van der Waals surface area contributed by atoms with Gasteiger partial charge in [-0.3, -0.25) is 4.79 Å². The van der Waals surface area contributed by atoms with Gasteiger partial charge in [0.05, 0.1) is 0 Å². The van der Waals surface area contributed by atoms with Crippen LogP contribution in [0.25, 0.3) is 11.3 Å². The lowest BCUT2D eigenvalue weighted by atomic mass is 10.0. The first kappa shape index (κ1) is 16.9. The number of hydrogen-bond donors (Lipinski definition) is 2. The Labute approximate surface area is 127 Å². The molecule has 5 nitrogen and oxygen atoms in total. The monoisotopic (exact) mass is 332 g/mol. The fourth-order valence-corrected chi connectivity index (χ4v) is 1.88. The number of halogens is 4. The molecule has 0 saturated heterocycles. The molecule has 0 fully saturated rings. The number of nitrogens with zero attached hydrogens (tertiary/aromatic N) is 1. The van der Waals surface area contributed by atoms with Crippen LogP contribution in [-0.2, 0) is 0 Å². The summed E-state index contributed by atoms with van der Waals surface area (Å²) in [5.41, 5.74) is -0.143. The van der Waals surface area contributed by atoms with Crippen LogP contribution in [0.3, 0.4) is 0 Å². The molecule has 0 radical (unpaired) electrons. The van der Waals surface area contributed by atoms with Crippen molar-refractivity contribution in [3.8, 4) is 11.3 Å². The number of carbonyl (C=O) groups is 1. The maximum Gasteiger partial charge on any atom is 0.405 e. The molecule has 9 heteroatoms. The minimum absolute atomic E-state index is 0.0828. The van der Waals surface area contributed by atoms with Gasteiger partial charge >= 0.3 is 6.18 Å². The van der Waals surface area contributed by atoms with E-state index in [0.717, 1.165) is 12.1 Å². The van der Waals surface area contributed by atoms with Crippen molar-refractivity contribution >= 4 is 5.91 Å². The second-order valence-corrected chi connectivity index (χ2v) is 4.75. The van der Waals surface area contributed by atoms with Crippen LogP contribution in [0.15, 0.2) is 28.8 Å². The number of nitrogens with one attached hydrogen (secondary N) is 1. The Morgan fingerprint density at radius 2 is 1.96 bits per heavy atom. The molecule has 0 aliphatic heterocycles. The van der Waals surface area contributed by atoms with E-state index in [9.17, 15) is 27.5 Å². The third kappa shape index (κ3) is 4.07. The molecular formula is C14H12F4N2O3. The van der Waals surface area contributed by atoms with Crippen molar-refractivity contribution in [1.29, 1.82) is 0 Å². The molecule has 0 unspecified atom stereocenters. The van der Waals surface area contributed by atoms with Gasteiger partial charge < -0.3 is 14.9 Å². The normalized spacial score (nSPS) is 13.0. The van der Waals surface area contributed by atoms with Gasteiger partial charge in [0.15, 0.2) is 5.76 Å². The quantitative estimate of drug-likeness (QED) is 0.844. The summed E-state index contributed by atoms with van der Waals surface area (Å²) in [5, 5.41) is 14.9. The molecule has 0 saturated carbocycles. The average molecular weight is 332 g/mol. The van der Waals surface area contributed by atoms with E-state index < -0.39 is 30.5 Å². The van der Waals surface area contributed by atoms with E-state index in [1.165, 1.54) is 19.1 Å². The van der Waals surface area contributed by atoms with E-state index in [-0.39, 0.29) is 22.6 Å². The smallest absolute Gasteiger partial charge is 0.385 e. The molecule has 23 heavy (non-hydrogen) atoms. The van der Waals surface area contributed by atoms with Crippen LogP contribution >= 0.6 is 0 Å². The van der Waals surface area contributed by atoms with E-state index in [0.29, 0.717) is 0 Å². The summed E-state index contributed by atoms with van der Waals surface area (Å²) < 4.78 is 54.5. The summed E-state index contributed by atoms with van der Waals surface area (Å²) in [6.45, 7) is -0.269. The molecule has 1 atom stereocenters. The van der Waals surface area contributed by atoms with Crippen molar-refractivity contribution in [3.05, 3.63) is 41.4 Å². The highest BCUT2D eigenvalue weighted by Crippen LogP contribution is 2.29. The Balaban J connectivity index is 2.41. The largest absolute Gasteiger partial charge is 0.405 e. The lowest BCUT2D eigenvalue weighted by Gasteiger charge is -2.10. The van der Waals surface area contributed by atoms with Crippen molar-refractivity contribution in [2.24, 2.45) is 0 Å². The van der Waals surface area contributed by atoms with Crippen molar-refractivity contribution in [2.45, 2.75) is 19.2 Å². The lowest BCUT2D eigenvalue weighted by molar-refractivity contribution is -0.123. The molecular weight excluding hydrogens is 320 g/mol. The zero-order chi connectivity index (χ0) is 17.2. The van der Waals surface area contributed by atoms with Crippen LogP contribution in [0.4, 0.5) is 17.6 Å². The van der Waals surface area contributed by atoms with Crippen LogP contribution in [0.2, 0.25) is 0 Å². The number of aliphatic hydroxyl groups excluding tert-OH is 1. The van der Waals surface area contributed by atoms with Crippen molar-refractivity contribution in [2.75, 3.05) is 6.54 Å². The topological polar surface area (TPSA) is 75.4 Å². The maximum absolute atomic E-state index is 13.0. The molecule has 0 bridgehead atoms. The maximum atomic E-state index is 13.0. The second kappa shape index (κ2) is 6.37. The summed E-state index contributed by atoms with van der Waals surface area (Å²) in [5.74, 6) is -1.90. The highest BCUT2D eigenvalue weighted by atomic mass is 19.4. The molecule has 0 aliphatic rings. The number of carbonyl (C=O) groups excluding carboxylic acids is 1. The Hall–Kier alpha value is -2.42. The first-order valence-corrected chi connectivity index (χ1v) is 6.47. The van der Waals surface area contributed by atoms with Crippen molar-refractivity contribution < 1.29 is 32.0 Å². The minimum atomic E-state index is -4.59. The number of rotatable bonds is 4. The minimum Gasteiger partial charge on any atom is -0.385 e. The van der Waals surface area contributed by atoms with E-state index in [1.54, 1.807) is 5.32 Å². The molecule has 1 aromatic heterocycles. The third-order valence-electron chi connectivity index (χ3n) is 2.89. The molecule has 1 heterocycles. The van der Waals surface area contributed by atoms with E-state index in [4.69, 9.17) is 4.52 Å². The first-order chi connectivity index (χ1) is 10.7. The van der Waals surface area contributed by atoms with Gasteiger partial charge in [-0.1, -0.05) is 5.16 Å². The highest BCUT2D eigenvalue weighted by molar-refractivity contribution is 6.01. The Morgan fingerprint density at radius 1 is 1.35 bits per heavy atom. The van der Waals surface area contributed by atoms with Gasteiger partial charge in [0.25, 0.3) is 5.91 Å². The number of benzene rings is 1. The number of aliphatic hydroxyl groups is 1. The van der Waals surface area contributed by atoms with E-state index >= 15 is 0 Å². The molecule has 0 spiro atoms. The predicted octanol–water partition coefficient (Wildman–Crippen LogP) is 2.83. The molecule has 124 valence electrons. The van der Waals surface area contributed by atoms with Gasteiger partial charge in [0.2, 0.25) is 0 Å². The van der Waals surface area contributed by atoms with Gasteiger partial charge in [-0.2, -0.15) is 13.2 Å².